The first-order chi connectivity index (χ1) is 7.16. The van der Waals surface area contributed by atoms with Gasteiger partial charge in [-0.2, -0.15) is 0 Å². The molecule has 82 valence electrons. The van der Waals surface area contributed by atoms with Crippen LogP contribution in [0.4, 0.5) is 4.39 Å². The van der Waals surface area contributed by atoms with Gasteiger partial charge in [-0.15, -0.1) is 0 Å². The van der Waals surface area contributed by atoms with E-state index >= 15 is 0 Å². The molecule has 3 rings (SSSR count). The van der Waals surface area contributed by atoms with E-state index in [1.807, 2.05) is 0 Å². The molecule has 15 heavy (non-hydrogen) atoms. The Morgan fingerprint density at radius 1 is 1.27 bits per heavy atom. The van der Waals surface area contributed by atoms with Crippen molar-refractivity contribution in [2.24, 2.45) is 11.8 Å². The fourth-order valence-corrected chi connectivity index (χ4v) is 2.21. The average Bonchev–Trinajstić information content (AvgIpc) is 2.81. The molecule has 1 aromatic carbocycles. The molecule has 2 atom stereocenters. The molecule has 2 fully saturated rings. The second-order valence-corrected chi connectivity index (χ2v) is 4.80. The second kappa shape index (κ2) is 4.50. The van der Waals surface area contributed by atoms with Gasteiger partial charge < -0.3 is 4.90 Å². The number of fused-ring (bicyclic) bond motifs is 1. The van der Waals surface area contributed by atoms with Crippen molar-refractivity contribution in [3.8, 4) is 0 Å². The normalized spacial score (nSPS) is 27.9. The van der Waals surface area contributed by atoms with Gasteiger partial charge in [0.1, 0.15) is 5.82 Å². The van der Waals surface area contributed by atoms with Gasteiger partial charge in [0.2, 0.25) is 0 Å². The van der Waals surface area contributed by atoms with Crippen molar-refractivity contribution in [1.29, 1.82) is 0 Å². The van der Waals surface area contributed by atoms with Crippen molar-refractivity contribution < 1.29 is 4.39 Å². The molecule has 1 saturated carbocycles. The minimum Gasteiger partial charge on any atom is -0.306 e. The minimum absolute atomic E-state index is 0.174. The molecule has 1 saturated heterocycles. The molecule has 0 spiro atoms. The third-order valence-electron chi connectivity index (χ3n) is 2.99. The monoisotopic (exact) mass is 227 g/mol. The Kier molecular flexibility index (Phi) is 3.27. The van der Waals surface area contributed by atoms with Crippen LogP contribution in [0.1, 0.15) is 6.42 Å². The summed E-state index contributed by atoms with van der Waals surface area (Å²) in [6, 6.07) is 6.12. The van der Waals surface area contributed by atoms with Gasteiger partial charge in [0.25, 0.3) is 0 Å². The van der Waals surface area contributed by atoms with Gasteiger partial charge in [-0.1, -0.05) is 23.7 Å². The van der Waals surface area contributed by atoms with Crippen molar-refractivity contribution >= 4 is 11.6 Å². The minimum atomic E-state index is -0.367. The highest BCUT2D eigenvalue weighted by Crippen LogP contribution is 2.43. The van der Waals surface area contributed by atoms with Gasteiger partial charge in [0, 0.05) is 13.1 Å². The molecule has 0 N–H and O–H groups in total. The van der Waals surface area contributed by atoms with Crippen molar-refractivity contribution in [1.82, 2.24) is 4.90 Å². The fraction of sp³-hybridized carbons (Fsp3) is 0.500. The van der Waals surface area contributed by atoms with Gasteiger partial charge in [0.05, 0.1) is 5.02 Å². The van der Waals surface area contributed by atoms with Crippen molar-refractivity contribution in [3.63, 3.8) is 0 Å². The van der Waals surface area contributed by atoms with Crippen molar-refractivity contribution in [2.45, 2.75) is 6.42 Å². The predicted molar refractivity (Wildman–Crippen MR) is 60.5 cm³/mol. The first-order valence-corrected chi connectivity index (χ1v) is 5.63. The first-order valence-electron chi connectivity index (χ1n) is 5.25. The topological polar surface area (TPSA) is 3.24 Å². The van der Waals surface area contributed by atoms with Crippen molar-refractivity contribution in [3.05, 3.63) is 35.1 Å². The Balaban J connectivity index is 0.000000114. The Bertz CT molecular complexity index is 311. The molecule has 0 bridgehead atoms. The maximum Gasteiger partial charge on any atom is 0.141 e. The smallest absolute Gasteiger partial charge is 0.141 e. The third-order valence-corrected chi connectivity index (χ3v) is 3.29. The van der Waals surface area contributed by atoms with Crippen LogP contribution in [0, 0.1) is 17.7 Å². The summed E-state index contributed by atoms with van der Waals surface area (Å²) in [4.78, 5) is 2.43. The summed E-state index contributed by atoms with van der Waals surface area (Å²) in [7, 11) is 2.21. The number of piperidine rings is 1. The summed E-state index contributed by atoms with van der Waals surface area (Å²) in [5.74, 6) is 1.86. The van der Waals surface area contributed by atoms with Crippen LogP contribution >= 0.6 is 11.6 Å². The number of nitrogens with zero attached hydrogens (tertiary/aromatic N) is 1. The SMILES string of the molecule is CN1CC2CC2C1.Fc1ccccc1Cl. The highest BCUT2D eigenvalue weighted by atomic mass is 35.5. The summed E-state index contributed by atoms with van der Waals surface area (Å²) in [5.41, 5.74) is 0. The van der Waals surface area contributed by atoms with Gasteiger partial charge in [-0.25, -0.2) is 4.39 Å². The maximum absolute atomic E-state index is 12.2. The Hall–Kier alpha value is -0.600. The standard InChI is InChI=1S/C6H4ClF.C6H11N/c7-5-3-1-2-4-6(5)8;1-7-3-5-2-6(5)4-7/h1-4H;5-6H,2-4H2,1H3. The molecular weight excluding hydrogens is 213 g/mol. The van der Waals surface area contributed by atoms with E-state index in [1.165, 1.54) is 31.6 Å². The van der Waals surface area contributed by atoms with E-state index in [-0.39, 0.29) is 10.8 Å². The quantitative estimate of drug-likeness (QED) is 0.659. The molecule has 3 heteroatoms. The van der Waals surface area contributed by atoms with E-state index in [0.717, 1.165) is 11.8 Å². The van der Waals surface area contributed by atoms with Crippen LogP contribution in [0.5, 0.6) is 0 Å². The van der Waals surface area contributed by atoms with Gasteiger partial charge in [-0.3, -0.25) is 0 Å². The van der Waals surface area contributed by atoms with Crippen LogP contribution in [0.3, 0.4) is 0 Å². The highest BCUT2D eigenvalue weighted by Gasteiger charge is 2.43. The highest BCUT2D eigenvalue weighted by molar-refractivity contribution is 6.30. The lowest BCUT2D eigenvalue weighted by Gasteiger charge is -2.06. The van der Waals surface area contributed by atoms with Gasteiger partial charge in [-0.05, 0) is 37.4 Å². The molecule has 0 radical (unpaired) electrons. The summed E-state index contributed by atoms with van der Waals surface area (Å²) < 4.78 is 12.2. The van der Waals surface area contributed by atoms with Crippen LogP contribution < -0.4 is 0 Å². The van der Waals surface area contributed by atoms with Crippen LogP contribution in [0.15, 0.2) is 24.3 Å². The lowest BCUT2D eigenvalue weighted by molar-refractivity contribution is 0.373. The number of rotatable bonds is 0. The summed E-state index contributed by atoms with van der Waals surface area (Å²) in [5, 5.41) is 0.174. The van der Waals surface area contributed by atoms with Gasteiger partial charge in [0.15, 0.2) is 0 Å². The average molecular weight is 228 g/mol. The molecule has 1 aliphatic carbocycles. The lowest BCUT2D eigenvalue weighted by atomic mass is 10.4. The summed E-state index contributed by atoms with van der Waals surface area (Å²) in [6.45, 7) is 2.76. The number of hydrogen-bond acceptors (Lipinski definition) is 1. The molecule has 1 nitrogen and oxygen atoms in total. The van der Waals surface area contributed by atoms with Crippen LogP contribution in [-0.2, 0) is 0 Å². The third kappa shape index (κ3) is 2.93. The van der Waals surface area contributed by atoms with Gasteiger partial charge >= 0.3 is 0 Å². The molecule has 2 unspecified atom stereocenters. The Morgan fingerprint density at radius 3 is 2.20 bits per heavy atom. The van der Waals surface area contributed by atoms with E-state index < -0.39 is 0 Å². The van der Waals surface area contributed by atoms with E-state index in [4.69, 9.17) is 11.6 Å². The second-order valence-electron chi connectivity index (χ2n) is 4.39. The van der Waals surface area contributed by atoms with E-state index in [0.29, 0.717) is 0 Å². The number of likely N-dealkylation sites (tertiary alicyclic amines) is 1. The van der Waals surface area contributed by atoms with E-state index in [2.05, 4.69) is 11.9 Å². The zero-order valence-corrected chi connectivity index (χ0v) is 9.54. The van der Waals surface area contributed by atoms with Crippen LogP contribution in [-0.4, -0.2) is 25.0 Å². The molecule has 0 amide bonds. The first kappa shape index (κ1) is 10.9. The van der Waals surface area contributed by atoms with E-state index in [1.54, 1.807) is 12.1 Å². The number of halogens is 2. The molecular formula is C12H15ClFN. The molecule has 0 aromatic heterocycles. The zero-order valence-electron chi connectivity index (χ0n) is 8.79. The summed E-state index contributed by atoms with van der Waals surface area (Å²) in [6.07, 6.45) is 1.53. The van der Waals surface area contributed by atoms with Crippen LogP contribution in [0.2, 0.25) is 5.02 Å². The van der Waals surface area contributed by atoms with E-state index in [9.17, 15) is 4.39 Å². The predicted octanol–water partition coefficient (Wildman–Crippen LogP) is 3.05. The van der Waals surface area contributed by atoms with Crippen LogP contribution in [0.25, 0.3) is 0 Å². The molecule has 1 aliphatic heterocycles. The molecule has 2 aliphatic rings. The maximum atomic E-state index is 12.2. The number of benzene rings is 1. The van der Waals surface area contributed by atoms with Crippen molar-refractivity contribution in [2.75, 3.05) is 20.1 Å². The number of hydrogen-bond donors (Lipinski definition) is 0. The fourth-order valence-electron chi connectivity index (χ4n) is 2.07. The Morgan fingerprint density at radius 2 is 1.87 bits per heavy atom. The molecule has 1 heterocycles. The largest absolute Gasteiger partial charge is 0.306 e. The lowest BCUT2D eigenvalue weighted by Crippen LogP contribution is -2.15. The summed E-state index contributed by atoms with van der Waals surface area (Å²) >= 11 is 5.33. The Labute approximate surface area is 94.8 Å². The molecule has 1 aromatic rings. The zero-order chi connectivity index (χ0) is 10.8.